The number of hydrogen-bond donors (Lipinski definition) is 1. The summed E-state index contributed by atoms with van der Waals surface area (Å²) in [5.74, 6) is 0. The molecule has 0 spiro atoms. The number of nitrogens with zero attached hydrogens (tertiary/aromatic N) is 2. The fourth-order valence-electron chi connectivity index (χ4n) is 5.12. The predicted octanol–water partition coefficient (Wildman–Crippen LogP) is 4.03. The van der Waals surface area contributed by atoms with Crippen LogP contribution in [0.25, 0.3) is 0 Å². The molecule has 23 heavy (non-hydrogen) atoms. The average molecular weight is 388 g/mol. The Hall–Kier alpha value is 0.748. The van der Waals surface area contributed by atoms with Crippen LogP contribution in [0, 0.1) is 0 Å². The third-order valence-electron chi connectivity index (χ3n) is 6.64. The summed E-state index contributed by atoms with van der Waals surface area (Å²) in [5, 5.41) is 3.80. The minimum absolute atomic E-state index is 1.08. The molecular weight excluding hydrogens is 347 g/mol. The second kappa shape index (κ2) is 6.81. The topological polar surface area (TPSA) is 18.5 Å². The Morgan fingerprint density at radius 2 is 0.826 bits per heavy atom. The van der Waals surface area contributed by atoms with Crippen molar-refractivity contribution in [1.82, 2.24) is 13.8 Å². The van der Waals surface area contributed by atoms with Gasteiger partial charge in [0, 0.05) is 13.1 Å². The van der Waals surface area contributed by atoms with Gasteiger partial charge < -0.3 is 13.8 Å². The molecule has 1 N–H and O–H groups in total. The average Bonchev–Trinajstić information content (AvgIpc) is 2.74. The molecule has 7 heteroatoms. The molecule has 2 aliphatic rings. The Bertz CT molecular complexity index is 354. The molecule has 3 nitrogen and oxygen atoms in total. The van der Waals surface area contributed by atoms with Gasteiger partial charge in [0.05, 0.1) is 0 Å². The smallest absolute Gasteiger partial charge is 0.115 e. The van der Waals surface area contributed by atoms with Crippen molar-refractivity contribution >= 4 is 32.9 Å². The Kier molecular flexibility index (Phi) is 5.94. The Labute approximate surface area is 149 Å². The number of nitrogens with one attached hydrogen (secondary N) is 1. The first-order valence-electron chi connectivity index (χ1n) is 9.65. The zero-order chi connectivity index (χ0) is 17.5. The molecule has 0 aromatic heterocycles. The molecule has 136 valence electrons. The van der Waals surface area contributed by atoms with E-state index in [4.69, 9.17) is 0 Å². The van der Waals surface area contributed by atoms with E-state index in [2.05, 4.69) is 66.2 Å². The van der Waals surface area contributed by atoms with Gasteiger partial charge in [-0.15, -0.1) is 0 Å². The molecule has 0 saturated carbocycles. The largest absolute Gasteiger partial charge is 0.344 e. The van der Waals surface area contributed by atoms with Gasteiger partial charge in [0.25, 0.3) is 0 Å². The van der Waals surface area contributed by atoms with Crippen LogP contribution in [0.3, 0.4) is 0 Å². The van der Waals surface area contributed by atoms with Crippen LogP contribution in [-0.4, -0.2) is 67.6 Å². The highest BCUT2D eigenvalue weighted by Gasteiger charge is 2.47. The van der Waals surface area contributed by atoms with Gasteiger partial charge in [-0.3, -0.25) is 0 Å². The molecule has 0 unspecified atom stereocenters. The molecule has 2 fully saturated rings. The van der Waals surface area contributed by atoms with Crippen molar-refractivity contribution in [1.29, 1.82) is 0 Å². The van der Waals surface area contributed by atoms with Crippen LogP contribution in [0.15, 0.2) is 0 Å². The Morgan fingerprint density at radius 3 is 1.09 bits per heavy atom. The van der Waals surface area contributed by atoms with E-state index >= 15 is 0 Å². The first-order chi connectivity index (χ1) is 10.4. The summed E-state index contributed by atoms with van der Waals surface area (Å²) < 4.78 is 6.00. The summed E-state index contributed by atoms with van der Waals surface area (Å²) in [6.45, 7) is 25.7. The first-order valence-corrected chi connectivity index (χ1v) is 22.3. The van der Waals surface area contributed by atoms with E-state index in [9.17, 15) is 0 Å². The zero-order valence-electron chi connectivity index (χ0n) is 17.1. The van der Waals surface area contributed by atoms with Crippen LogP contribution in [0.2, 0.25) is 76.6 Å². The molecule has 0 aliphatic carbocycles. The SMILES string of the molecule is C[Si]1(C)CC[Si](C)(C)N1CCNCCN1[Si](C)(C)CC[Si]1(C)C. The highest BCUT2D eigenvalue weighted by Crippen LogP contribution is 2.37. The van der Waals surface area contributed by atoms with Gasteiger partial charge >= 0.3 is 0 Å². The van der Waals surface area contributed by atoms with Crippen LogP contribution in [0.4, 0.5) is 0 Å². The molecular formula is C16H41N3Si4. The third kappa shape index (κ3) is 4.48. The minimum atomic E-state index is -1.08. The molecule has 2 aliphatic heterocycles. The number of rotatable bonds is 6. The van der Waals surface area contributed by atoms with E-state index < -0.39 is 32.9 Å². The molecule has 2 saturated heterocycles. The molecule has 2 heterocycles. The lowest BCUT2D eigenvalue weighted by molar-refractivity contribution is 0.529. The molecule has 2 rings (SSSR count). The van der Waals surface area contributed by atoms with Gasteiger partial charge in [-0.1, -0.05) is 52.4 Å². The van der Waals surface area contributed by atoms with E-state index in [1.54, 1.807) is 0 Å². The van der Waals surface area contributed by atoms with Crippen molar-refractivity contribution in [3.63, 3.8) is 0 Å². The lowest BCUT2D eigenvalue weighted by Crippen LogP contribution is -2.58. The van der Waals surface area contributed by atoms with Crippen LogP contribution in [-0.2, 0) is 0 Å². The van der Waals surface area contributed by atoms with Crippen molar-refractivity contribution in [3.05, 3.63) is 0 Å². The maximum absolute atomic E-state index is 3.80. The van der Waals surface area contributed by atoms with Crippen molar-refractivity contribution in [3.8, 4) is 0 Å². The van der Waals surface area contributed by atoms with Gasteiger partial charge in [-0.25, -0.2) is 0 Å². The fraction of sp³-hybridized carbons (Fsp3) is 1.00. The van der Waals surface area contributed by atoms with Gasteiger partial charge in [0.1, 0.15) is 32.9 Å². The summed E-state index contributed by atoms with van der Waals surface area (Å²) in [4.78, 5) is 0. The standard InChI is InChI=1S/C16H41N3Si4/c1-20(2)13-14-21(3,4)18(20)11-9-17-10-12-19-22(5,6)15-16-23(19,7)8/h17H,9-16H2,1-8H3. The first kappa shape index (κ1) is 20.1. The highest BCUT2D eigenvalue weighted by atomic mass is 28.4. The van der Waals surface area contributed by atoms with Gasteiger partial charge in [0.2, 0.25) is 0 Å². The normalized spacial score (nSPS) is 29.2. The summed E-state index contributed by atoms with van der Waals surface area (Å²) in [6, 6.07) is 6.11. The second-order valence-corrected chi connectivity index (χ2v) is 29.9. The minimum Gasteiger partial charge on any atom is -0.344 e. The summed E-state index contributed by atoms with van der Waals surface area (Å²) in [5.41, 5.74) is 0. The fourth-order valence-corrected chi connectivity index (χ4v) is 33.3. The second-order valence-electron chi connectivity index (χ2n) is 10.3. The van der Waals surface area contributed by atoms with Gasteiger partial charge in [-0.2, -0.15) is 0 Å². The molecule has 0 amide bonds. The molecule has 0 radical (unpaired) electrons. The maximum atomic E-state index is 3.80. The van der Waals surface area contributed by atoms with Gasteiger partial charge in [-0.05, 0) is 37.3 Å². The lowest BCUT2D eigenvalue weighted by atomic mass is 10.6. The van der Waals surface area contributed by atoms with Crippen LogP contribution in [0.5, 0.6) is 0 Å². The third-order valence-corrected chi connectivity index (χ3v) is 27.5. The molecule has 0 atom stereocenters. The molecule has 0 bridgehead atoms. The van der Waals surface area contributed by atoms with Crippen LogP contribution >= 0.6 is 0 Å². The monoisotopic (exact) mass is 387 g/mol. The Balaban J connectivity index is 1.76. The molecule has 0 aromatic rings. The predicted molar refractivity (Wildman–Crippen MR) is 115 cm³/mol. The van der Waals surface area contributed by atoms with Crippen molar-refractivity contribution < 1.29 is 0 Å². The van der Waals surface area contributed by atoms with Crippen LogP contribution in [0.1, 0.15) is 0 Å². The van der Waals surface area contributed by atoms with Crippen molar-refractivity contribution in [2.45, 2.75) is 76.6 Å². The van der Waals surface area contributed by atoms with E-state index in [1.165, 1.54) is 50.4 Å². The summed E-state index contributed by atoms with van der Waals surface area (Å²) in [6.07, 6.45) is 0. The highest BCUT2D eigenvalue weighted by molar-refractivity contribution is 6.95. The van der Waals surface area contributed by atoms with E-state index in [0.29, 0.717) is 0 Å². The molecule has 0 aromatic carbocycles. The van der Waals surface area contributed by atoms with E-state index in [1.807, 2.05) is 0 Å². The van der Waals surface area contributed by atoms with Crippen molar-refractivity contribution in [2.24, 2.45) is 0 Å². The van der Waals surface area contributed by atoms with Crippen LogP contribution < -0.4 is 5.32 Å². The van der Waals surface area contributed by atoms with Gasteiger partial charge in [0.15, 0.2) is 0 Å². The van der Waals surface area contributed by atoms with Crippen molar-refractivity contribution in [2.75, 3.05) is 26.2 Å². The Morgan fingerprint density at radius 1 is 0.565 bits per heavy atom. The summed E-state index contributed by atoms with van der Waals surface area (Å²) >= 11 is 0. The quantitative estimate of drug-likeness (QED) is 0.548. The van der Waals surface area contributed by atoms with E-state index in [-0.39, 0.29) is 0 Å². The van der Waals surface area contributed by atoms with E-state index in [0.717, 1.165) is 0 Å². The summed E-state index contributed by atoms with van der Waals surface area (Å²) in [7, 11) is -4.31. The lowest BCUT2D eigenvalue weighted by Gasteiger charge is -2.40. The number of hydrogen-bond acceptors (Lipinski definition) is 3. The maximum Gasteiger partial charge on any atom is 0.115 e. The zero-order valence-corrected chi connectivity index (χ0v) is 21.1.